The van der Waals surface area contributed by atoms with Crippen LogP contribution in [0.2, 0.25) is 0 Å². The van der Waals surface area contributed by atoms with Gasteiger partial charge in [-0.05, 0) is 43.3 Å². The second-order valence-electron chi connectivity index (χ2n) is 5.91. The van der Waals surface area contributed by atoms with Gasteiger partial charge in [0.1, 0.15) is 17.4 Å². The summed E-state index contributed by atoms with van der Waals surface area (Å²) in [6.07, 6.45) is -4.42. The van der Waals surface area contributed by atoms with Gasteiger partial charge >= 0.3 is 6.18 Å². The number of aryl methyl sites for hydroxylation is 1. The van der Waals surface area contributed by atoms with E-state index in [0.717, 1.165) is 17.0 Å². The van der Waals surface area contributed by atoms with E-state index < -0.39 is 21.8 Å². The van der Waals surface area contributed by atoms with Gasteiger partial charge in [0, 0.05) is 5.56 Å². The number of alkyl halides is 3. The van der Waals surface area contributed by atoms with Crippen LogP contribution in [0.4, 0.5) is 13.2 Å². The predicted molar refractivity (Wildman–Crippen MR) is 99.4 cm³/mol. The van der Waals surface area contributed by atoms with Gasteiger partial charge in [0.15, 0.2) is 0 Å². The Bertz CT molecular complexity index is 1090. The lowest BCUT2D eigenvalue weighted by atomic mass is 10.1. The summed E-state index contributed by atoms with van der Waals surface area (Å²) in [5.41, 5.74) is 0.302. The standard InChI is InChI=1S/C18H15F3N2O3S2/c1-11-16(10-26-14-5-7-15(8-6-14)28(22,24)25)27-17(23-11)12-3-2-4-13(9-12)18(19,20)21/h2-9H,10H2,1H3,(H2,22,24,25). The number of hydrogen-bond acceptors (Lipinski definition) is 5. The van der Waals surface area contributed by atoms with Crippen LogP contribution in [0.3, 0.4) is 0 Å². The van der Waals surface area contributed by atoms with E-state index in [2.05, 4.69) is 4.98 Å². The summed E-state index contributed by atoms with van der Waals surface area (Å²) in [7, 11) is -3.78. The molecular formula is C18H15F3N2O3S2. The van der Waals surface area contributed by atoms with Crippen molar-refractivity contribution < 1.29 is 26.3 Å². The molecule has 5 nitrogen and oxygen atoms in total. The molecule has 3 aromatic rings. The fourth-order valence-corrected chi connectivity index (χ4v) is 3.88. The van der Waals surface area contributed by atoms with Crippen molar-refractivity contribution in [2.75, 3.05) is 0 Å². The van der Waals surface area contributed by atoms with Crippen molar-refractivity contribution >= 4 is 21.4 Å². The molecule has 0 aliphatic rings. The lowest BCUT2D eigenvalue weighted by molar-refractivity contribution is -0.137. The summed E-state index contributed by atoms with van der Waals surface area (Å²) in [5.74, 6) is 0.431. The first kappa shape index (κ1) is 20.3. The highest BCUT2D eigenvalue weighted by Crippen LogP contribution is 2.34. The monoisotopic (exact) mass is 428 g/mol. The van der Waals surface area contributed by atoms with Gasteiger partial charge in [0.2, 0.25) is 10.0 Å². The minimum atomic E-state index is -4.42. The third-order valence-corrected chi connectivity index (χ3v) is 5.96. The number of hydrogen-bond donors (Lipinski definition) is 1. The zero-order chi connectivity index (χ0) is 20.5. The van der Waals surface area contributed by atoms with E-state index in [-0.39, 0.29) is 11.5 Å². The number of rotatable bonds is 5. The first-order valence-corrected chi connectivity index (χ1v) is 10.3. The molecule has 0 atom stereocenters. The fourth-order valence-electron chi connectivity index (χ4n) is 2.39. The fraction of sp³-hybridized carbons (Fsp3) is 0.167. The predicted octanol–water partition coefficient (Wildman–Crippen LogP) is 4.36. The Hall–Kier alpha value is -2.43. The minimum absolute atomic E-state index is 0.0272. The zero-order valence-corrected chi connectivity index (χ0v) is 16.2. The van der Waals surface area contributed by atoms with Crippen LogP contribution in [-0.4, -0.2) is 13.4 Å². The van der Waals surface area contributed by atoms with Crippen LogP contribution in [0.15, 0.2) is 53.4 Å². The van der Waals surface area contributed by atoms with Crippen molar-refractivity contribution in [3.05, 3.63) is 64.7 Å². The van der Waals surface area contributed by atoms with E-state index in [1.54, 1.807) is 13.0 Å². The molecule has 0 spiro atoms. The normalized spacial score (nSPS) is 12.2. The van der Waals surface area contributed by atoms with Crippen LogP contribution in [-0.2, 0) is 22.8 Å². The second kappa shape index (κ2) is 7.53. The number of ether oxygens (including phenoxy) is 1. The molecule has 0 amide bonds. The Morgan fingerprint density at radius 3 is 2.43 bits per heavy atom. The van der Waals surface area contributed by atoms with Gasteiger partial charge in [-0.2, -0.15) is 13.2 Å². The number of benzene rings is 2. The lowest BCUT2D eigenvalue weighted by Gasteiger charge is -2.07. The highest BCUT2D eigenvalue weighted by Gasteiger charge is 2.30. The molecule has 0 bridgehead atoms. The number of thiazole rings is 1. The van der Waals surface area contributed by atoms with Crippen LogP contribution in [0.25, 0.3) is 10.6 Å². The van der Waals surface area contributed by atoms with Gasteiger partial charge in [-0.25, -0.2) is 18.5 Å². The second-order valence-corrected chi connectivity index (χ2v) is 8.56. The van der Waals surface area contributed by atoms with Crippen LogP contribution >= 0.6 is 11.3 Å². The van der Waals surface area contributed by atoms with E-state index >= 15 is 0 Å². The molecule has 1 aromatic heterocycles. The molecule has 28 heavy (non-hydrogen) atoms. The largest absolute Gasteiger partial charge is 0.488 e. The van der Waals surface area contributed by atoms with Crippen LogP contribution < -0.4 is 9.88 Å². The average Bonchev–Trinajstić information content (AvgIpc) is 3.00. The molecule has 0 radical (unpaired) electrons. The number of halogens is 3. The summed E-state index contributed by atoms with van der Waals surface area (Å²) >= 11 is 1.24. The van der Waals surface area contributed by atoms with Gasteiger partial charge in [-0.15, -0.1) is 11.3 Å². The van der Waals surface area contributed by atoms with Gasteiger partial charge in [0.05, 0.1) is 21.0 Å². The molecule has 0 fully saturated rings. The Labute approximate surface area is 163 Å². The van der Waals surface area contributed by atoms with Crippen molar-refractivity contribution in [3.63, 3.8) is 0 Å². The first-order chi connectivity index (χ1) is 13.0. The number of sulfonamides is 1. The van der Waals surface area contributed by atoms with Gasteiger partial charge in [-0.3, -0.25) is 0 Å². The summed E-state index contributed by atoms with van der Waals surface area (Å²) in [6, 6.07) is 10.6. The maximum absolute atomic E-state index is 12.9. The summed E-state index contributed by atoms with van der Waals surface area (Å²) in [4.78, 5) is 5.06. The van der Waals surface area contributed by atoms with Crippen LogP contribution in [0.1, 0.15) is 16.1 Å². The number of aromatic nitrogens is 1. The molecule has 10 heteroatoms. The molecular weight excluding hydrogens is 413 g/mol. The topological polar surface area (TPSA) is 82.3 Å². The Balaban J connectivity index is 1.76. The number of nitrogens with zero attached hydrogens (tertiary/aromatic N) is 1. The quantitative estimate of drug-likeness (QED) is 0.655. The summed E-state index contributed by atoms with van der Waals surface area (Å²) < 4.78 is 66.8. The van der Waals surface area contributed by atoms with Gasteiger partial charge < -0.3 is 4.74 Å². The molecule has 1 heterocycles. The van der Waals surface area contributed by atoms with Crippen LogP contribution in [0, 0.1) is 6.92 Å². The summed E-state index contributed by atoms with van der Waals surface area (Å²) in [5, 5.41) is 5.51. The minimum Gasteiger partial charge on any atom is -0.488 e. The van der Waals surface area contributed by atoms with E-state index in [4.69, 9.17) is 9.88 Å². The zero-order valence-electron chi connectivity index (χ0n) is 14.5. The van der Waals surface area contributed by atoms with Crippen molar-refractivity contribution in [3.8, 4) is 16.3 Å². The molecule has 0 unspecified atom stereocenters. The molecule has 0 saturated heterocycles. The maximum Gasteiger partial charge on any atom is 0.416 e. The smallest absolute Gasteiger partial charge is 0.416 e. The molecule has 0 saturated carbocycles. The molecule has 2 aromatic carbocycles. The van der Waals surface area contributed by atoms with Crippen molar-refractivity contribution in [2.45, 2.75) is 24.6 Å². The maximum atomic E-state index is 12.9. The SMILES string of the molecule is Cc1nc(-c2cccc(C(F)(F)F)c2)sc1COc1ccc(S(N)(=O)=O)cc1. The molecule has 148 valence electrons. The van der Waals surface area contributed by atoms with E-state index in [1.807, 2.05) is 0 Å². The van der Waals surface area contributed by atoms with Crippen molar-refractivity contribution in [2.24, 2.45) is 5.14 Å². The number of nitrogens with two attached hydrogens (primary N) is 1. The Morgan fingerprint density at radius 1 is 1.14 bits per heavy atom. The van der Waals surface area contributed by atoms with E-state index in [9.17, 15) is 21.6 Å². The number of primary sulfonamides is 1. The Morgan fingerprint density at radius 2 is 1.82 bits per heavy atom. The Kier molecular flexibility index (Phi) is 5.46. The highest BCUT2D eigenvalue weighted by atomic mass is 32.2. The molecule has 3 rings (SSSR count). The average molecular weight is 428 g/mol. The third kappa shape index (κ3) is 4.70. The van der Waals surface area contributed by atoms with Gasteiger partial charge in [-0.1, -0.05) is 12.1 Å². The van der Waals surface area contributed by atoms with Gasteiger partial charge in [0.25, 0.3) is 0 Å². The van der Waals surface area contributed by atoms with E-state index in [0.29, 0.717) is 22.0 Å². The van der Waals surface area contributed by atoms with Crippen LogP contribution in [0.5, 0.6) is 5.75 Å². The molecule has 2 N–H and O–H groups in total. The summed E-state index contributed by atoms with van der Waals surface area (Å²) in [6.45, 7) is 1.90. The first-order valence-electron chi connectivity index (χ1n) is 7.93. The van der Waals surface area contributed by atoms with Crippen molar-refractivity contribution in [1.82, 2.24) is 4.98 Å². The van der Waals surface area contributed by atoms with E-state index in [1.165, 1.54) is 41.7 Å². The highest BCUT2D eigenvalue weighted by molar-refractivity contribution is 7.89. The third-order valence-electron chi connectivity index (χ3n) is 3.85. The molecule has 0 aliphatic heterocycles. The lowest BCUT2D eigenvalue weighted by Crippen LogP contribution is -2.11. The van der Waals surface area contributed by atoms with Crippen molar-refractivity contribution in [1.29, 1.82) is 0 Å². The molecule has 0 aliphatic carbocycles.